The van der Waals surface area contributed by atoms with E-state index in [1.165, 1.54) is 6.42 Å². The number of carbonyl (C=O) groups is 1. The first kappa shape index (κ1) is 10.8. The number of benzene rings is 1. The topological polar surface area (TPSA) is 37.3 Å². The first-order valence-corrected chi connectivity index (χ1v) is 6.59. The van der Waals surface area contributed by atoms with Crippen molar-refractivity contribution in [2.75, 3.05) is 0 Å². The van der Waals surface area contributed by atoms with Gasteiger partial charge in [-0.2, -0.15) is 0 Å². The lowest BCUT2D eigenvalue weighted by atomic mass is 9.62. The van der Waals surface area contributed by atoms with Crippen LogP contribution in [0.25, 0.3) is 0 Å². The minimum atomic E-state index is -0.259. The molecule has 0 amide bonds. The number of phenols is 1. The van der Waals surface area contributed by atoms with Crippen LogP contribution in [0.2, 0.25) is 0 Å². The predicted octanol–water partition coefficient (Wildman–Crippen LogP) is 3.11. The van der Waals surface area contributed by atoms with Gasteiger partial charge in [0.2, 0.25) is 0 Å². The molecule has 0 unspecified atom stereocenters. The van der Waals surface area contributed by atoms with E-state index in [1.54, 1.807) is 6.07 Å². The fourth-order valence-corrected chi connectivity index (χ4v) is 3.62. The first-order valence-electron chi connectivity index (χ1n) is 6.59. The summed E-state index contributed by atoms with van der Waals surface area (Å²) < 4.78 is 0. The number of carbonyl (C=O) groups excluding carboxylic acids is 1. The number of fused-ring (bicyclic) bond motifs is 2. The maximum atomic E-state index is 12.4. The van der Waals surface area contributed by atoms with E-state index in [1.807, 2.05) is 6.07 Å². The summed E-state index contributed by atoms with van der Waals surface area (Å²) in [6.45, 7) is 0. The second-order valence-corrected chi connectivity index (χ2v) is 5.37. The molecule has 2 aliphatic rings. The van der Waals surface area contributed by atoms with E-state index in [-0.39, 0.29) is 5.41 Å². The molecule has 17 heavy (non-hydrogen) atoms. The predicted molar refractivity (Wildman–Crippen MR) is 66.2 cm³/mol. The lowest BCUT2D eigenvalue weighted by Crippen LogP contribution is -2.41. The van der Waals surface area contributed by atoms with Crippen LogP contribution in [0.1, 0.15) is 49.7 Å². The van der Waals surface area contributed by atoms with Crippen molar-refractivity contribution in [1.82, 2.24) is 0 Å². The molecule has 0 atom stereocenters. The number of ketones is 1. The van der Waals surface area contributed by atoms with Crippen LogP contribution < -0.4 is 0 Å². The minimum Gasteiger partial charge on any atom is -0.508 e. The lowest BCUT2D eigenvalue weighted by Gasteiger charge is -2.40. The molecule has 1 saturated carbocycles. The van der Waals surface area contributed by atoms with Crippen LogP contribution >= 0.6 is 0 Å². The van der Waals surface area contributed by atoms with Gasteiger partial charge in [0.25, 0.3) is 0 Å². The summed E-state index contributed by atoms with van der Waals surface area (Å²) in [6.07, 6.45) is 6.78. The average Bonchev–Trinajstić information content (AvgIpc) is 2.36. The molecule has 0 aromatic heterocycles. The first-order chi connectivity index (χ1) is 8.24. The van der Waals surface area contributed by atoms with Gasteiger partial charge in [-0.1, -0.05) is 31.4 Å². The van der Waals surface area contributed by atoms with Gasteiger partial charge in [0.15, 0.2) is 0 Å². The Hall–Kier alpha value is -1.31. The highest BCUT2D eigenvalue weighted by Gasteiger charge is 2.44. The van der Waals surface area contributed by atoms with E-state index in [0.717, 1.165) is 36.8 Å². The van der Waals surface area contributed by atoms with Crippen molar-refractivity contribution in [3.63, 3.8) is 0 Å². The molecule has 1 N–H and O–H groups in total. The summed E-state index contributed by atoms with van der Waals surface area (Å²) in [7, 11) is 0. The lowest BCUT2D eigenvalue weighted by molar-refractivity contribution is -0.126. The number of aromatic hydroxyl groups is 1. The number of rotatable bonds is 0. The highest BCUT2D eigenvalue weighted by atomic mass is 16.3. The molecule has 0 saturated heterocycles. The van der Waals surface area contributed by atoms with Crippen LogP contribution in [0, 0.1) is 0 Å². The Morgan fingerprint density at radius 2 is 1.82 bits per heavy atom. The molecule has 2 heteroatoms. The summed E-state index contributed by atoms with van der Waals surface area (Å²) in [4.78, 5) is 12.4. The molecule has 3 rings (SSSR count). The molecular formula is C15H18O2. The smallest absolute Gasteiger partial charge is 0.143 e. The number of hydrogen-bond donors (Lipinski definition) is 1. The zero-order valence-electron chi connectivity index (χ0n) is 10.0. The van der Waals surface area contributed by atoms with Gasteiger partial charge < -0.3 is 5.11 Å². The van der Waals surface area contributed by atoms with Crippen LogP contribution in [0.5, 0.6) is 5.75 Å². The number of phenolic OH excluding ortho intramolecular Hbond substituents is 1. The minimum absolute atomic E-state index is 0.259. The molecule has 90 valence electrons. The molecule has 0 aliphatic heterocycles. The second-order valence-electron chi connectivity index (χ2n) is 5.37. The SMILES string of the molecule is O=C1CCc2c(O)cccc2C12CCCCC2. The van der Waals surface area contributed by atoms with Crippen molar-refractivity contribution in [3.8, 4) is 5.75 Å². The third kappa shape index (κ3) is 1.50. The van der Waals surface area contributed by atoms with Crippen molar-refractivity contribution in [2.24, 2.45) is 0 Å². The summed E-state index contributed by atoms with van der Waals surface area (Å²) in [5.74, 6) is 0.773. The van der Waals surface area contributed by atoms with E-state index in [4.69, 9.17) is 0 Å². The Balaban J connectivity index is 2.16. The van der Waals surface area contributed by atoms with Gasteiger partial charge in [-0.3, -0.25) is 4.79 Å². The Bertz CT molecular complexity index is 456. The Morgan fingerprint density at radius 1 is 1.06 bits per heavy atom. The molecule has 1 spiro atoms. The molecule has 0 bridgehead atoms. The number of hydrogen-bond acceptors (Lipinski definition) is 2. The highest BCUT2D eigenvalue weighted by molar-refractivity contribution is 5.92. The van der Waals surface area contributed by atoms with Crippen LogP contribution in [-0.4, -0.2) is 10.9 Å². The van der Waals surface area contributed by atoms with E-state index in [0.29, 0.717) is 24.4 Å². The van der Waals surface area contributed by atoms with Gasteiger partial charge in [-0.25, -0.2) is 0 Å². The molecular weight excluding hydrogens is 212 g/mol. The van der Waals surface area contributed by atoms with Crippen LogP contribution in [0.3, 0.4) is 0 Å². The van der Waals surface area contributed by atoms with Crippen molar-refractivity contribution in [1.29, 1.82) is 0 Å². The summed E-state index contributed by atoms with van der Waals surface area (Å²) >= 11 is 0. The monoisotopic (exact) mass is 230 g/mol. The van der Waals surface area contributed by atoms with Crippen molar-refractivity contribution >= 4 is 5.78 Å². The molecule has 0 heterocycles. The summed E-state index contributed by atoms with van der Waals surface area (Å²) in [5.41, 5.74) is 1.88. The zero-order chi connectivity index (χ0) is 11.9. The van der Waals surface area contributed by atoms with Crippen molar-refractivity contribution in [3.05, 3.63) is 29.3 Å². The summed E-state index contributed by atoms with van der Waals surface area (Å²) in [6, 6.07) is 5.67. The fraction of sp³-hybridized carbons (Fsp3) is 0.533. The highest BCUT2D eigenvalue weighted by Crippen LogP contribution is 2.47. The Morgan fingerprint density at radius 3 is 2.59 bits per heavy atom. The van der Waals surface area contributed by atoms with Gasteiger partial charge in [0.1, 0.15) is 11.5 Å². The molecule has 0 radical (unpaired) electrons. The van der Waals surface area contributed by atoms with E-state index in [9.17, 15) is 9.90 Å². The van der Waals surface area contributed by atoms with Gasteiger partial charge in [-0.15, -0.1) is 0 Å². The van der Waals surface area contributed by atoms with Crippen LogP contribution in [-0.2, 0) is 16.6 Å². The van der Waals surface area contributed by atoms with E-state index >= 15 is 0 Å². The third-order valence-electron chi connectivity index (χ3n) is 4.51. The maximum absolute atomic E-state index is 12.4. The van der Waals surface area contributed by atoms with Crippen molar-refractivity contribution in [2.45, 2.75) is 50.4 Å². The van der Waals surface area contributed by atoms with Gasteiger partial charge in [-0.05, 0) is 36.5 Å². The van der Waals surface area contributed by atoms with Crippen molar-refractivity contribution < 1.29 is 9.90 Å². The normalized spacial score (nSPS) is 22.5. The van der Waals surface area contributed by atoms with Crippen LogP contribution in [0.4, 0.5) is 0 Å². The standard InChI is InChI=1S/C15H18O2/c16-13-6-4-5-12-11(13)7-8-14(17)15(12)9-2-1-3-10-15/h4-6,16H,1-3,7-10H2. The van der Waals surface area contributed by atoms with Gasteiger partial charge in [0.05, 0.1) is 5.41 Å². The Labute approximate surface area is 102 Å². The average molecular weight is 230 g/mol. The maximum Gasteiger partial charge on any atom is 0.143 e. The largest absolute Gasteiger partial charge is 0.508 e. The fourth-order valence-electron chi connectivity index (χ4n) is 3.62. The number of Topliss-reactive ketones (excluding diaryl/α,β-unsaturated/α-hetero) is 1. The summed E-state index contributed by atoms with van der Waals surface area (Å²) in [5, 5.41) is 9.95. The Kier molecular flexibility index (Phi) is 2.46. The molecule has 2 aliphatic carbocycles. The van der Waals surface area contributed by atoms with Crippen LogP contribution in [0.15, 0.2) is 18.2 Å². The van der Waals surface area contributed by atoms with E-state index in [2.05, 4.69) is 6.07 Å². The van der Waals surface area contributed by atoms with Gasteiger partial charge >= 0.3 is 0 Å². The quantitative estimate of drug-likeness (QED) is 0.743. The van der Waals surface area contributed by atoms with Gasteiger partial charge in [0, 0.05) is 6.42 Å². The molecule has 2 nitrogen and oxygen atoms in total. The zero-order valence-corrected chi connectivity index (χ0v) is 10.0. The molecule has 1 aromatic carbocycles. The molecule has 1 aromatic rings. The third-order valence-corrected chi connectivity index (χ3v) is 4.51. The molecule has 1 fully saturated rings. The second kappa shape index (κ2) is 3.86. The van der Waals surface area contributed by atoms with E-state index < -0.39 is 0 Å².